The molecule has 146 valence electrons. The second-order valence-corrected chi connectivity index (χ2v) is 8.72. The molecule has 0 radical (unpaired) electrons. The smallest absolute Gasteiger partial charge is 0.268 e. The molecule has 6 nitrogen and oxygen atoms in total. The number of para-hydroxylation sites is 1. The van der Waals surface area contributed by atoms with Crippen molar-refractivity contribution in [2.45, 2.75) is 52.7 Å². The third-order valence-corrected chi connectivity index (χ3v) is 6.08. The Hall–Kier alpha value is -2.51. The monoisotopic (exact) mass is 396 g/mol. The molecule has 1 N–H and O–H groups in total. The first-order chi connectivity index (χ1) is 13.4. The Bertz CT molecular complexity index is 1110. The van der Waals surface area contributed by atoms with Crippen molar-refractivity contribution in [3.8, 4) is 5.69 Å². The van der Waals surface area contributed by atoms with Crippen molar-refractivity contribution in [3.63, 3.8) is 0 Å². The number of anilines is 1. The molecule has 0 fully saturated rings. The van der Waals surface area contributed by atoms with E-state index in [2.05, 4.69) is 24.4 Å². The second-order valence-electron chi connectivity index (χ2n) is 7.63. The number of nitrogens with one attached hydrogen (secondary N) is 1. The van der Waals surface area contributed by atoms with Crippen LogP contribution in [0.15, 0.2) is 40.2 Å². The average Bonchev–Trinajstić information content (AvgIpc) is 3.03. The molecule has 0 saturated heterocycles. The lowest BCUT2D eigenvalue weighted by Crippen LogP contribution is -2.32. The summed E-state index contributed by atoms with van der Waals surface area (Å²) in [7, 11) is 0. The molecule has 3 aromatic rings. The molecule has 1 aliphatic rings. The maximum Gasteiger partial charge on any atom is 0.268 e. The number of thiophene rings is 1. The molecule has 0 saturated carbocycles. The molecule has 7 heteroatoms. The largest absolute Gasteiger partial charge is 0.370 e. The van der Waals surface area contributed by atoms with Gasteiger partial charge in [-0.1, -0.05) is 25.1 Å². The van der Waals surface area contributed by atoms with Crippen LogP contribution in [-0.2, 0) is 17.8 Å². The molecule has 0 atom stereocenters. The molecule has 4 rings (SSSR count). The molecule has 28 heavy (non-hydrogen) atoms. The maximum atomic E-state index is 13.6. The standard InChI is InChI=1S/C21H24N4O2S/c1-5-13(2)23-24-20-22-18-17(15-11-21(3,4)27-12-16(15)28-18)19(26)25(20)14-9-7-6-8-10-14/h6-10H,5,11-12H2,1-4H3,(H,22,24). The Morgan fingerprint density at radius 1 is 1.36 bits per heavy atom. The Balaban J connectivity index is 1.97. The van der Waals surface area contributed by atoms with Gasteiger partial charge in [-0.25, -0.2) is 15.0 Å². The van der Waals surface area contributed by atoms with Gasteiger partial charge in [-0.05, 0) is 44.9 Å². The van der Waals surface area contributed by atoms with E-state index in [0.29, 0.717) is 24.4 Å². The normalized spacial score (nSPS) is 16.2. The summed E-state index contributed by atoms with van der Waals surface area (Å²) in [4.78, 5) is 20.2. The van der Waals surface area contributed by atoms with Gasteiger partial charge in [-0.2, -0.15) is 5.10 Å². The SMILES string of the molecule is CCC(C)=NNc1nc2sc3c(c2c(=O)n1-c1ccccc1)CC(C)(C)OC3. The lowest BCUT2D eigenvalue weighted by Gasteiger charge is -2.29. The van der Waals surface area contributed by atoms with Gasteiger partial charge in [0.05, 0.1) is 23.3 Å². The van der Waals surface area contributed by atoms with Crippen molar-refractivity contribution in [1.29, 1.82) is 0 Å². The molecule has 3 heterocycles. The number of hydrogen-bond donors (Lipinski definition) is 1. The van der Waals surface area contributed by atoms with E-state index >= 15 is 0 Å². The maximum absolute atomic E-state index is 13.6. The van der Waals surface area contributed by atoms with E-state index in [0.717, 1.165) is 33.1 Å². The number of rotatable bonds is 4. The Morgan fingerprint density at radius 2 is 2.11 bits per heavy atom. The third-order valence-electron chi connectivity index (χ3n) is 4.98. The van der Waals surface area contributed by atoms with E-state index in [4.69, 9.17) is 9.72 Å². The van der Waals surface area contributed by atoms with Gasteiger partial charge in [0.25, 0.3) is 5.56 Å². The number of nitrogens with zero attached hydrogens (tertiary/aromatic N) is 3. The summed E-state index contributed by atoms with van der Waals surface area (Å²) in [5.41, 5.74) is 5.42. The Morgan fingerprint density at radius 3 is 2.82 bits per heavy atom. The van der Waals surface area contributed by atoms with Gasteiger partial charge >= 0.3 is 0 Å². The molecular weight excluding hydrogens is 372 g/mol. The fourth-order valence-electron chi connectivity index (χ4n) is 3.31. The molecule has 2 aromatic heterocycles. The highest BCUT2D eigenvalue weighted by atomic mass is 32.1. The molecule has 0 bridgehead atoms. The van der Waals surface area contributed by atoms with Crippen molar-refractivity contribution in [2.75, 3.05) is 5.43 Å². The van der Waals surface area contributed by atoms with Gasteiger partial charge in [-0.15, -0.1) is 11.3 Å². The van der Waals surface area contributed by atoms with E-state index in [1.165, 1.54) is 11.3 Å². The average molecular weight is 397 g/mol. The van der Waals surface area contributed by atoms with Gasteiger partial charge in [0.1, 0.15) is 4.83 Å². The number of ether oxygens (including phenoxy) is 1. The molecule has 1 aromatic carbocycles. The van der Waals surface area contributed by atoms with Crippen molar-refractivity contribution in [3.05, 3.63) is 51.1 Å². The zero-order valence-corrected chi connectivity index (χ0v) is 17.4. The van der Waals surface area contributed by atoms with Crippen molar-refractivity contribution in [1.82, 2.24) is 9.55 Å². The van der Waals surface area contributed by atoms with E-state index in [1.807, 2.05) is 44.2 Å². The van der Waals surface area contributed by atoms with Gasteiger partial charge in [0.2, 0.25) is 5.95 Å². The van der Waals surface area contributed by atoms with Crippen molar-refractivity contribution >= 4 is 33.2 Å². The number of hydrogen-bond acceptors (Lipinski definition) is 6. The number of hydrazone groups is 1. The summed E-state index contributed by atoms with van der Waals surface area (Å²) in [5, 5.41) is 5.07. The van der Waals surface area contributed by atoms with E-state index in [1.54, 1.807) is 4.57 Å². The Kier molecular flexibility index (Phi) is 4.81. The van der Waals surface area contributed by atoms with Gasteiger partial charge < -0.3 is 4.74 Å². The molecular formula is C21H24N4O2S. The molecule has 0 aliphatic carbocycles. The van der Waals surface area contributed by atoms with Crippen molar-refractivity contribution < 1.29 is 4.74 Å². The first-order valence-corrected chi connectivity index (χ1v) is 10.3. The number of fused-ring (bicyclic) bond motifs is 3. The minimum absolute atomic E-state index is 0.0711. The second kappa shape index (κ2) is 7.14. The predicted octanol–water partition coefficient (Wildman–Crippen LogP) is 4.50. The summed E-state index contributed by atoms with van der Waals surface area (Å²) in [6.45, 7) is 8.61. The highest BCUT2D eigenvalue weighted by Gasteiger charge is 2.31. The van der Waals surface area contributed by atoms with E-state index in [-0.39, 0.29) is 11.2 Å². The lowest BCUT2D eigenvalue weighted by molar-refractivity contribution is -0.0379. The first-order valence-electron chi connectivity index (χ1n) is 9.45. The zero-order chi connectivity index (χ0) is 19.9. The van der Waals surface area contributed by atoms with Crippen molar-refractivity contribution in [2.24, 2.45) is 5.10 Å². The first kappa shape index (κ1) is 18.8. The fourth-order valence-corrected chi connectivity index (χ4v) is 4.40. The minimum atomic E-state index is -0.287. The highest BCUT2D eigenvalue weighted by Crippen LogP contribution is 2.37. The summed E-state index contributed by atoms with van der Waals surface area (Å²) >= 11 is 1.53. The summed E-state index contributed by atoms with van der Waals surface area (Å²) in [6.07, 6.45) is 1.53. The Labute approximate surface area is 167 Å². The van der Waals surface area contributed by atoms with Crippen LogP contribution in [-0.4, -0.2) is 20.9 Å². The van der Waals surface area contributed by atoms with Crippen LogP contribution in [0.1, 0.15) is 44.6 Å². The highest BCUT2D eigenvalue weighted by molar-refractivity contribution is 7.18. The third kappa shape index (κ3) is 3.36. The van der Waals surface area contributed by atoms with E-state index in [9.17, 15) is 4.79 Å². The van der Waals surface area contributed by atoms with Crippen LogP contribution < -0.4 is 11.0 Å². The van der Waals surface area contributed by atoms with Crippen LogP contribution in [0.2, 0.25) is 0 Å². The molecule has 0 unspecified atom stereocenters. The summed E-state index contributed by atoms with van der Waals surface area (Å²) < 4.78 is 7.55. The minimum Gasteiger partial charge on any atom is -0.370 e. The fraction of sp³-hybridized carbons (Fsp3) is 0.381. The summed E-state index contributed by atoms with van der Waals surface area (Å²) in [5.74, 6) is 0.426. The van der Waals surface area contributed by atoms with Gasteiger partial charge in [-0.3, -0.25) is 4.79 Å². The number of benzene rings is 1. The zero-order valence-electron chi connectivity index (χ0n) is 16.6. The van der Waals surface area contributed by atoms with Crippen LogP contribution in [0.4, 0.5) is 5.95 Å². The predicted molar refractivity (Wildman–Crippen MR) is 115 cm³/mol. The van der Waals surface area contributed by atoms with Gasteiger partial charge in [0, 0.05) is 17.0 Å². The van der Waals surface area contributed by atoms with Gasteiger partial charge in [0.15, 0.2) is 0 Å². The quantitative estimate of drug-likeness (QED) is 0.521. The van der Waals surface area contributed by atoms with E-state index < -0.39 is 0 Å². The van der Waals surface area contributed by atoms with Crippen LogP contribution in [0.25, 0.3) is 15.9 Å². The lowest BCUT2D eigenvalue weighted by atomic mass is 9.94. The summed E-state index contributed by atoms with van der Waals surface area (Å²) in [6, 6.07) is 9.57. The molecule has 0 amide bonds. The van der Waals surface area contributed by atoms with Crippen LogP contribution >= 0.6 is 11.3 Å². The van der Waals surface area contributed by atoms with Crippen LogP contribution in [0, 0.1) is 0 Å². The topological polar surface area (TPSA) is 68.5 Å². The molecule has 0 spiro atoms. The van der Waals surface area contributed by atoms with Crippen LogP contribution in [0.3, 0.4) is 0 Å². The molecule has 1 aliphatic heterocycles. The number of aromatic nitrogens is 2. The van der Waals surface area contributed by atoms with Crippen LogP contribution in [0.5, 0.6) is 0 Å².